The van der Waals surface area contributed by atoms with Crippen LogP contribution in [0.15, 0.2) is 54.6 Å². The first kappa shape index (κ1) is 24.3. The predicted molar refractivity (Wildman–Crippen MR) is 144 cm³/mol. The largest absolute Gasteiger partial charge is 0.467 e. The molecule has 5 heterocycles. The average molecular weight is 551 g/mol. The molecule has 3 aromatic carbocycles. The SMILES string of the molecule is N#Cc1ccc2c(c1)nnn2C(=O)N1C[C@@H]2C[C@H]1CN2C(c1ccc2c(c1)COCO2)c1ccc2c(c1)COCO2. The highest BCUT2D eigenvalue weighted by Crippen LogP contribution is 2.42. The lowest BCUT2D eigenvalue weighted by atomic mass is 9.93. The fourth-order valence-electron chi connectivity index (χ4n) is 6.64. The number of carbonyl (C=O) groups is 1. The van der Waals surface area contributed by atoms with Crippen molar-refractivity contribution in [1.82, 2.24) is 24.8 Å². The topological polar surface area (TPSA) is 115 Å². The Bertz CT molecular complexity index is 1670. The molecule has 4 aromatic rings. The van der Waals surface area contributed by atoms with Crippen LogP contribution in [0.5, 0.6) is 11.5 Å². The van der Waals surface area contributed by atoms with Crippen molar-refractivity contribution in [2.45, 2.75) is 37.8 Å². The number of rotatable bonds is 3. The molecule has 0 spiro atoms. The number of nitrogens with zero attached hydrogens (tertiary/aromatic N) is 6. The summed E-state index contributed by atoms with van der Waals surface area (Å²) in [6, 6.07) is 19.8. The van der Waals surface area contributed by atoms with Gasteiger partial charge in [0.2, 0.25) is 0 Å². The molecule has 1 amide bonds. The molecule has 4 aliphatic rings. The Kier molecular flexibility index (Phi) is 5.67. The summed E-state index contributed by atoms with van der Waals surface area (Å²) < 4.78 is 23.9. The maximum Gasteiger partial charge on any atom is 0.347 e. The van der Waals surface area contributed by atoms with Gasteiger partial charge in [0.1, 0.15) is 17.0 Å². The Balaban J connectivity index is 1.11. The minimum atomic E-state index is -0.188. The maximum atomic E-state index is 13.7. The number of fused-ring (bicyclic) bond motifs is 5. The summed E-state index contributed by atoms with van der Waals surface area (Å²) in [6.07, 6.45) is 0.877. The number of nitriles is 1. The molecule has 0 aliphatic carbocycles. The van der Waals surface area contributed by atoms with Crippen LogP contribution in [0, 0.1) is 11.3 Å². The van der Waals surface area contributed by atoms with Gasteiger partial charge >= 0.3 is 6.03 Å². The Morgan fingerprint density at radius 3 is 2.24 bits per heavy atom. The molecule has 4 aliphatic heterocycles. The van der Waals surface area contributed by atoms with Gasteiger partial charge in [0.15, 0.2) is 13.6 Å². The number of amides is 1. The molecule has 11 nitrogen and oxygen atoms in total. The van der Waals surface area contributed by atoms with Crippen molar-refractivity contribution >= 4 is 17.1 Å². The molecule has 2 saturated heterocycles. The number of piperazine rings is 1. The summed E-state index contributed by atoms with van der Waals surface area (Å²) in [5.41, 5.74) is 5.98. The first-order valence-electron chi connectivity index (χ1n) is 13.7. The van der Waals surface area contributed by atoms with Gasteiger partial charge in [-0.15, -0.1) is 5.10 Å². The second-order valence-corrected chi connectivity index (χ2v) is 10.8. The van der Waals surface area contributed by atoms with E-state index in [2.05, 4.69) is 45.5 Å². The average Bonchev–Trinajstić information content (AvgIpc) is 3.75. The predicted octanol–water partition coefficient (Wildman–Crippen LogP) is 3.55. The molecule has 41 heavy (non-hydrogen) atoms. The normalized spacial score (nSPS) is 21.3. The van der Waals surface area contributed by atoms with Gasteiger partial charge in [-0.25, -0.2) is 4.79 Å². The lowest BCUT2D eigenvalue weighted by Crippen LogP contribution is -2.51. The van der Waals surface area contributed by atoms with Crippen LogP contribution >= 0.6 is 0 Å². The molecule has 0 radical (unpaired) electrons. The standard InChI is InChI=1S/C30H26N6O5/c31-11-18-1-4-26-25(7-18)32-33-36(26)30(37)35-13-23-10-24(35)12-34(23)29(19-2-5-27-21(8-19)14-38-16-40-27)20-3-6-28-22(9-20)15-39-17-41-28/h1-9,23-24,29H,10,12-17H2/t23-,24-/m0/s1. The molecular formula is C30H26N6O5. The number of hydrogen-bond acceptors (Lipinski definition) is 9. The van der Waals surface area contributed by atoms with E-state index in [1.807, 2.05) is 17.0 Å². The third-order valence-electron chi connectivity index (χ3n) is 8.53. The minimum Gasteiger partial charge on any atom is -0.467 e. The summed E-state index contributed by atoms with van der Waals surface area (Å²) in [5, 5.41) is 17.5. The first-order valence-corrected chi connectivity index (χ1v) is 13.7. The smallest absolute Gasteiger partial charge is 0.347 e. The van der Waals surface area contributed by atoms with Crippen LogP contribution in [0.3, 0.4) is 0 Å². The molecule has 1 aromatic heterocycles. The van der Waals surface area contributed by atoms with Crippen LogP contribution in [-0.2, 0) is 22.7 Å². The van der Waals surface area contributed by atoms with Crippen LogP contribution in [0.4, 0.5) is 4.79 Å². The van der Waals surface area contributed by atoms with Gasteiger partial charge in [-0.1, -0.05) is 17.3 Å². The molecule has 0 unspecified atom stereocenters. The Morgan fingerprint density at radius 2 is 1.61 bits per heavy atom. The van der Waals surface area contributed by atoms with Crippen LogP contribution in [0.25, 0.3) is 11.0 Å². The summed E-state index contributed by atoms with van der Waals surface area (Å²) in [4.78, 5) is 18.1. The van der Waals surface area contributed by atoms with Gasteiger partial charge in [0, 0.05) is 36.3 Å². The van der Waals surface area contributed by atoms with E-state index >= 15 is 0 Å². The fraction of sp³-hybridized carbons (Fsp3) is 0.333. The lowest BCUT2D eigenvalue weighted by molar-refractivity contribution is -0.0165. The minimum absolute atomic E-state index is 0.0293. The number of likely N-dealkylation sites (tertiary alicyclic amines) is 2. The number of benzene rings is 3. The highest BCUT2D eigenvalue weighted by Gasteiger charge is 2.48. The lowest BCUT2D eigenvalue weighted by Gasteiger charge is -2.39. The number of aromatic nitrogens is 3. The summed E-state index contributed by atoms with van der Waals surface area (Å²) in [7, 11) is 0. The van der Waals surface area contributed by atoms with E-state index in [1.54, 1.807) is 18.2 Å². The molecular weight excluding hydrogens is 524 g/mol. The van der Waals surface area contributed by atoms with E-state index in [0.717, 1.165) is 46.7 Å². The van der Waals surface area contributed by atoms with Crippen molar-refractivity contribution in [1.29, 1.82) is 5.26 Å². The second-order valence-electron chi connectivity index (χ2n) is 10.8. The fourth-order valence-corrected chi connectivity index (χ4v) is 6.64. The Morgan fingerprint density at radius 1 is 0.902 bits per heavy atom. The van der Waals surface area contributed by atoms with Gasteiger partial charge in [0.25, 0.3) is 0 Å². The van der Waals surface area contributed by atoms with E-state index in [1.165, 1.54) is 4.68 Å². The van der Waals surface area contributed by atoms with Gasteiger partial charge in [-0.2, -0.15) is 9.94 Å². The zero-order valence-corrected chi connectivity index (χ0v) is 22.1. The first-order chi connectivity index (χ1) is 20.2. The van der Waals surface area contributed by atoms with Gasteiger partial charge in [0.05, 0.1) is 36.4 Å². The van der Waals surface area contributed by atoms with E-state index in [0.29, 0.717) is 36.4 Å². The quantitative estimate of drug-likeness (QED) is 0.378. The van der Waals surface area contributed by atoms with Crippen molar-refractivity contribution in [3.05, 3.63) is 82.4 Å². The van der Waals surface area contributed by atoms with Crippen LogP contribution in [-0.4, -0.2) is 69.6 Å². The Labute approximate surface area is 235 Å². The van der Waals surface area contributed by atoms with Crippen LogP contribution in [0.2, 0.25) is 0 Å². The van der Waals surface area contributed by atoms with Crippen molar-refractivity contribution in [2.75, 3.05) is 26.7 Å². The van der Waals surface area contributed by atoms with Gasteiger partial charge in [-0.3, -0.25) is 4.90 Å². The van der Waals surface area contributed by atoms with E-state index in [9.17, 15) is 10.1 Å². The van der Waals surface area contributed by atoms with Crippen molar-refractivity contribution in [3.63, 3.8) is 0 Å². The van der Waals surface area contributed by atoms with E-state index in [-0.39, 0.29) is 37.7 Å². The summed E-state index contributed by atoms with van der Waals surface area (Å²) in [5.74, 6) is 1.71. The monoisotopic (exact) mass is 550 g/mol. The molecule has 2 fully saturated rings. The zero-order chi connectivity index (χ0) is 27.5. The van der Waals surface area contributed by atoms with Crippen LogP contribution < -0.4 is 9.47 Å². The Hall–Kier alpha value is -4.50. The van der Waals surface area contributed by atoms with Crippen molar-refractivity contribution < 1.29 is 23.7 Å². The number of carbonyl (C=O) groups excluding carboxylic acids is 1. The molecule has 0 N–H and O–H groups in total. The van der Waals surface area contributed by atoms with Gasteiger partial charge < -0.3 is 23.8 Å². The van der Waals surface area contributed by atoms with Crippen molar-refractivity contribution in [3.8, 4) is 17.6 Å². The highest BCUT2D eigenvalue weighted by molar-refractivity contribution is 5.88. The zero-order valence-electron chi connectivity index (χ0n) is 22.1. The molecule has 11 heteroatoms. The molecule has 2 bridgehead atoms. The van der Waals surface area contributed by atoms with E-state index in [4.69, 9.17) is 18.9 Å². The summed E-state index contributed by atoms with van der Waals surface area (Å²) >= 11 is 0. The van der Waals surface area contributed by atoms with E-state index < -0.39 is 0 Å². The van der Waals surface area contributed by atoms with Crippen LogP contribution in [0.1, 0.15) is 40.3 Å². The summed E-state index contributed by atoms with van der Waals surface area (Å²) in [6.45, 7) is 2.86. The van der Waals surface area contributed by atoms with Gasteiger partial charge in [-0.05, 0) is 60.0 Å². The third-order valence-corrected chi connectivity index (χ3v) is 8.53. The molecule has 0 saturated carbocycles. The highest BCUT2D eigenvalue weighted by atomic mass is 16.7. The third kappa shape index (κ3) is 4.02. The molecule has 2 atom stereocenters. The molecule has 206 valence electrons. The maximum absolute atomic E-state index is 13.7. The van der Waals surface area contributed by atoms with Crippen molar-refractivity contribution in [2.24, 2.45) is 0 Å². The number of hydrogen-bond donors (Lipinski definition) is 0. The second kappa shape index (κ2) is 9.55. The number of ether oxygens (including phenoxy) is 4. The molecule has 8 rings (SSSR count).